The van der Waals surface area contributed by atoms with E-state index in [9.17, 15) is 9.59 Å². The summed E-state index contributed by atoms with van der Waals surface area (Å²) in [5, 5.41) is 4.67. The molecule has 2 aliphatic rings. The summed E-state index contributed by atoms with van der Waals surface area (Å²) < 4.78 is 0. The van der Waals surface area contributed by atoms with Gasteiger partial charge in [0, 0.05) is 23.8 Å². The highest BCUT2D eigenvalue weighted by atomic mass is 32.2. The molecule has 0 radical (unpaired) electrons. The van der Waals surface area contributed by atoms with Crippen molar-refractivity contribution in [2.75, 3.05) is 12.4 Å². The molecule has 0 amide bonds. The summed E-state index contributed by atoms with van der Waals surface area (Å²) in [6.07, 6.45) is 4.70. The van der Waals surface area contributed by atoms with E-state index < -0.39 is 5.92 Å². The predicted molar refractivity (Wildman–Crippen MR) is 90.3 cm³/mol. The van der Waals surface area contributed by atoms with E-state index in [-0.39, 0.29) is 17.0 Å². The molecule has 5 heteroatoms. The minimum atomic E-state index is -0.650. The Labute approximate surface area is 137 Å². The van der Waals surface area contributed by atoms with Crippen molar-refractivity contribution in [3.63, 3.8) is 0 Å². The second-order valence-electron chi connectivity index (χ2n) is 6.51. The summed E-state index contributed by atoms with van der Waals surface area (Å²) in [5.74, 6) is 0.408. The molecular weight excluding hydrogens is 298 g/mol. The van der Waals surface area contributed by atoms with Crippen molar-refractivity contribution < 1.29 is 14.4 Å². The van der Waals surface area contributed by atoms with Gasteiger partial charge in [0.05, 0.1) is 5.71 Å². The smallest absolute Gasteiger partial charge is 0.149 e. The summed E-state index contributed by atoms with van der Waals surface area (Å²) in [6, 6.07) is 0. The summed E-state index contributed by atoms with van der Waals surface area (Å²) in [6.45, 7) is 6.52. The molecule has 1 heterocycles. The monoisotopic (exact) mass is 325 g/mol. The first-order chi connectivity index (χ1) is 10.5. The van der Waals surface area contributed by atoms with Crippen LogP contribution in [0.5, 0.6) is 0 Å². The maximum absolute atomic E-state index is 12.7. The Morgan fingerprint density at radius 3 is 2.45 bits per heavy atom. The van der Waals surface area contributed by atoms with Crippen LogP contribution in [0.25, 0.3) is 0 Å². The fourth-order valence-corrected chi connectivity index (χ4v) is 5.23. The summed E-state index contributed by atoms with van der Waals surface area (Å²) in [7, 11) is 0. The second-order valence-corrected chi connectivity index (χ2v) is 7.80. The molecule has 1 spiro atoms. The SMILES string of the molecule is CCCC(=NOCC)C1C(=O)CC2(CSC(CC)C2)CC1=O. The van der Waals surface area contributed by atoms with Crippen molar-refractivity contribution in [2.24, 2.45) is 16.5 Å². The van der Waals surface area contributed by atoms with Crippen LogP contribution >= 0.6 is 11.8 Å². The zero-order valence-electron chi connectivity index (χ0n) is 13.9. The molecule has 124 valence electrons. The first kappa shape index (κ1) is 17.5. The van der Waals surface area contributed by atoms with E-state index >= 15 is 0 Å². The van der Waals surface area contributed by atoms with Gasteiger partial charge in [-0.15, -0.1) is 0 Å². The van der Waals surface area contributed by atoms with Gasteiger partial charge in [0.25, 0.3) is 0 Å². The summed E-state index contributed by atoms with van der Waals surface area (Å²) >= 11 is 1.93. The normalized spacial score (nSPS) is 32.8. The Morgan fingerprint density at radius 2 is 1.95 bits per heavy atom. The molecule has 0 aromatic rings. The highest BCUT2D eigenvalue weighted by Gasteiger charge is 2.50. The topological polar surface area (TPSA) is 55.7 Å². The molecule has 0 aromatic carbocycles. The van der Waals surface area contributed by atoms with E-state index in [1.807, 2.05) is 25.6 Å². The maximum Gasteiger partial charge on any atom is 0.149 e. The van der Waals surface area contributed by atoms with Gasteiger partial charge in [0.15, 0.2) is 0 Å². The van der Waals surface area contributed by atoms with Crippen molar-refractivity contribution in [1.82, 2.24) is 0 Å². The Bertz CT molecular complexity index is 443. The van der Waals surface area contributed by atoms with Gasteiger partial charge >= 0.3 is 0 Å². The van der Waals surface area contributed by atoms with Gasteiger partial charge in [-0.1, -0.05) is 25.4 Å². The highest BCUT2D eigenvalue weighted by Crippen LogP contribution is 2.50. The minimum absolute atomic E-state index is 0.0560. The van der Waals surface area contributed by atoms with E-state index in [4.69, 9.17) is 4.84 Å². The van der Waals surface area contributed by atoms with E-state index in [2.05, 4.69) is 12.1 Å². The minimum Gasteiger partial charge on any atom is -0.396 e. The molecule has 1 aliphatic heterocycles. The third-order valence-corrected chi connectivity index (χ3v) is 6.38. The number of rotatable bonds is 6. The van der Waals surface area contributed by atoms with Gasteiger partial charge in [0.2, 0.25) is 0 Å². The second kappa shape index (κ2) is 7.62. The van der Waals surface area contributed by atoms with Gasteiger partial charge in [-0.05, 0) is 31.6 Å². The largest absolute Gasteiger partial charge is 0.396 e. The number of Topliss-reactive ketones (excluding diaryl/α,β-unsaturated/α-hetero) is 2. The lowest BCUT2D eigenvalue weighted by atomic mass is 9.66. The summed E-state index contributed by atoms with van der Waals surface area (Å²) in [4.78, 5) is 30.5. The first-order valence-electron chi connectivity index (χ1n) is 8.41. The molecule has 0 aromatic heterocycles. The van der Waals surface area contributed by atoms with Crippen molar-refractivity contribution in [2.45, 2.75) is 64.5 Å². The molecule has 2 fully saturated rings. The number of carbonyl (C=O) groups excluding carboxylic acids is 2. The lowest BCUT2D eigenvalue weighted by molar-refractivity contribution is -0.137. The van der Waals surface area contributed by atoms with E-state index in [1.54, 1.807) is 0 Å². The lowest BCUT2D eigenvalue weighted by Crippen LogP contribution is -2.44. The fraction of sp³-hybridized carbons (Fsp3) is 0.824. The van der Waals surface area contributed by atoms with Crippen molar-refractivity contribution >= 4 is 29.0 Å². The van der Waals surface area contributed by atoms with Gasteiger partial charge < -0.3 is 4.84 Å². The molecule has 1 atom stereocenters. The standard InChI is InChI=1S/C17H27NO3S/c1-4-7-13(18-21-6-3)16-14(19)9-17(10-15(16)20)8-12(5-2)22-11-17/h12,16H,4-11H2,1-3H3. The van der Waals surface area contributed by atoms with Crippen LogP contribution in [0, 0.1) is 11.3 Å². The van der Waals surface area contributed by atoms with E-state index in [0.29, 0.717) is 36.8 Å². The number of hydrogen-bond donors (Lipinski definition) is 0. The molecule has 0 N–H and O–H groups in total. The van der Waals surface area contributed by atoms with Crippen molar-refractivity contribution in [3.8, 4) is 0 Å². The molecular formula is C17H27NO3S. The maximum atomic E-state index is 12.7. The molecule has 22 heavy (non-hydrogen) atoms. The predicted octanol–water partition coefficient (Wildman–Crippen LogP) is 3.63. The van der Waals surface area contributed by atoms with Crippen LogP contribution < -0.4 is 0 Å². The van der Waals surface area contributed by atoms with E-state index in [0.717, 1.165) is 25.0 Å². The Balaban J connectivity index is 2.13. The van der Waals surface area contributed by atoms with Crippen LogP contribution in [-0.2, 0) is 14.4 Å². The van der Waals surface area contributed by atoms with Crippen molar-refractivity contribution in [3.05, 3.63) is 0 Å². The number of oxime groups is 1. The number of ketones is 2. The summed E-state index contributed by atoms with van der Waals surface area (Å²) in [5.41, 5.74) is 0.547. The van der Waals surface area contributed by atoms with Crippen LogP contribution in [0.1, 0.15) is 59.3 Å². The molecule has 1 saturated heterocycles. The Morgan fingerprint density at radius 1 is 1.27 bits per heavy atom. The van der Waals surface area contributed by atoms with Crippen LogP contribution in [0.2, 0.25) is 0 Å². The molecule has 0 bridgehead atoms. The quantitative estimate of drug-likeness (QED) is 0.425. The van der Waals surface area contributed by atoms with Crippen LogP contribution in [0.15, 0.2) is 5.16 Å². The molecule has 1 saturated carbocycles. The van der Waals surface area contributed by atoms with Crippen LogP contribution in [0.4, 0.5) is 0 Å². The zero-order chi connectivity index (χ0) is 16.2. The fourth-order valence-electron chi connectivity index (χ4n) is 3.61. The van der Waals surface area contributed by atoms with E-state index in [1.165, 1.54) is 0 Å². The average molecular weight is 325 g/mol. The van der Waals surface area contributed by atoms with Gasteiger partial charge in [-0.25, -0.2) is 0 Å². The van der Waals surface area contributed by atoms with Crippen LogP contribution in [0.3, 0.4) is 0 Å². The number of nitrogens with zero attached hydrogens (tertiary/aromatic N) is 1. The first-order valence-corrected chi connectivity index (χ1v) is 9.45. The Hall–Kier alpha value is -0.840. The molecule has 1 unspecified atom stereocenters. The highest BCUT2D eigenvalue weighted by molar-refractivity contribution is 8.00. The number of thioether (sulfide) groups is 1. The van der Waals surface area contributed by atoms with Gasteiger partial charge in [-0.3, -0.25) is 9.59 Å². The van der Waals surface area contributed by atoms with Gasteiger partial charge in [0.1, 0.15) is 24.1 Å². The zero-order valence-corrected chi connectivity index (χ0v) is 14.7. The Kier molecular flexibility index (Phi) is 6.07. The van der Waals surface area contributed by atoms with Crippen molar-refractivity contribution in [1.29, 1.82) is 0 Å². The number of hydrogen-bond acceptors (Lipinski definition) is 5. The molecule has 2 rings (SSSR count). The van der Waals surface area contributed by atoms with Gasteiger partial charge in [-0.2, -0.15) is 11.8 Å². The van der Waals surface area contributed by atoms with Crippen LogP contribution in [-0.4, -0.2) is 34.9 Å². The number of carbonyl (C=O) groups is 2. The average Bonchev–Trinajstić information content (AvgIpc) is 2.86. The molecule has 4 nitrogen and oxygen atoms in total. The molecule has 1 aliphatic carbocycles. The lowest BCUT2D eigenvalue weighted by Gasteiger charge is -2.35. The third kappa shape index (κ3) is 3.73. The third-order valence-electron chi connectivity index (χ3n) is 4.63.